The van der Waals surface area contributed by atoms with Gasteiger partial charge in [0.1, 0.15) is 0 Å². The Labute approximate surface area is 114 Å². The third kappa shape index (κ3) is 6.23. The number of hydrogen-bond acceptors (Lipinski definition) is 1. The van der Waals surface area contributed by atoms with E-state index in [0.717, 1.165) is 18.9 Å². The zero-order valence-corrected chi connectivity index (χ0v) is 12.8. The van der Waals surface area contributed by atoms with Crippen molar-refractivity contribution in [2.75, 3.05) is 6.54 Å². The molecular formula is C15H24BrN. The summed E-state index contributed by atoms with van der Waals surface area (Å²) in [5.41, 5.74) is 1.42. The fourth-order valence-corrected chi connectivity index (χ4v) is 2.64. The maximum absolute atomic E-state index is 3.59. The maximum Gasteiger partial charge on any atom is 0.0177 e. The highest BCUT2D eigenvalue weighted by molar-refractivity contribution is 9.10. The Morgan fingerprint density at radius 1 is 1.29 bits per heavy atom. The SMILES string of the molecule is CCNC(CCc1cccc(Br)c1)CC(C)C. The average molecular weight is 298 g/mol. The van der Waals surface area contributed by atoms with E-state index in [1.54, 1.807) is 0 Å². The van der Waals surface area contributed by atoms with E-state index in [1.165, 1.54) is 22.9 Å². The van der Waals surface area contributed by atoms with Crippen molar-refractivity contribution in [3.05, 3.63) is 34.3 Å². The van der Waals surface area contributed by atoms with Gasteiger partial charge in [-0.3, -0.25) is 0 Å². The van der Waals surface area contributed by atoms with Crippen LogP contribution < -0.4 is 5.32 Å². The zero-order valence-electron chi connectivity index (χ0n) is 11.2. The molecule has 0 radical (unpaired) electrons. The molecule has 0 bridgehead atoms. The molecule has 0 aromatic heterocycles. The van der Waals surface area contributed by atoms with E-state index in [2.05, 4.69) is 66.3 Å². The van der Waals surface area contributed by atoms with Crippen molar-refractivity contribution in [1.82, 2.24) is 5.32 Å². The summed E-state index contributed by atoms with van der Waals surface area (Å²) in [6.45, 7) is 7.84. The summed E-state index contributed by atoms with van der Waals surface area (Å²) < 4.78 is 1.18. The van der Waals surface area contributed by atoms with Gasteiger partial charge in [0, 0.05) is 10.5 Å². The molecule has 0 fully saturated rings. The Kier molecular flexibility index (Phi) is 6.83. The van der Waals surface area contributed by atoms with E-state index in [-0.39, 0.29) is 0 Å². The highest BCUT2D eigenvalue weighted by Gasteiger charge is 2.09. The summed E-state index contributed by atoms with van der Waals surface area (Å²) in [5.74, 6) is 0.765. The van der Waals surface area contributed by atoms with Crippen LogP contribution in [0.5, 0.6) is 0 Å². The van der Waals surface area contributed by atoms with Crippen molar-refractivity contribution in [2.45, 2.75) is 46.1 Å². The normalized spacial score (nSPS) is 13.0. The predicted molar refractivity (Wildman–Crippen MR) is 79.4 cm³/mol. The molecule has 0 saturated carbocycles. The molecule has 2 heteroatoms. The Bertz CT molecular complexity index is 322. The summed E-state index contributed by atoms with van der Waals surface area (Å²) in [6, 6.07) is 9.28. The smallest absolute Gasteiger partial charge is 0.0177 e. The summed E-state index contributed by atoms with van der Waals surface area (Å²) in [4.78, 5) is 0. The molecular weight excluding hydrogens is 274 g/mol. The molecule has 0 aliphatic heterocycles. The highest BCUT2D eigenvalue weighted by atomic mass is 79.9. The summed E-state index contributed by atoms with van der Waals surface area (Å²) >= 11 is 3.52. The average Bonchev–Trinajstić information content (AvgIpc) is 2.26. The molecule has 1 N–H and O–H groups in total. The van der Waals surface area contributed by atoms with Crippen LogP contribution in [0, 0.1) is 5.92 Å². The van der Waals surface area contributed by atoms with Gasteiger partial charge in [0.2, 0.25) is 0 Å². The van der Waals surface area contributed by atoms with Crippen LogP contribution in [0.15, 0.2) is 28.7 Å². The Morgan fingerprint density at radius 2 is 2.06 bits per heavy atom. The second-order valence-corrected chi connectivity index (χ2v) is 5.97. The minimum absolute atomic E-state index is 0.652. The first-order valence-electron chi connectivity index (χ1n) is 6.59. The van der Waals surface area contributed by atoms with Crippen LogP contribution in [0.4, 0.5) is 0 Å². The lowest BCUT2D eigenvalue weighted by atomic mass is 9.97. The van der Waals surface area contributed by atoms with Crippen LogP contribution in [0.2, 0.25) is 0 Å². The molecule has 0 amide bonds. The first-order valence-corrected chi connectivity index (χ1v) is 7.39. The van der Waals surface area contributed by atoms with Crippen LogP contribution in [0.3, 0.4) is 0 Å². The van der Waals surface area contributed by atoms with Gasteiger partial charge in [-0.1, -0.05) is 48.8 Å². The zero-order chi connectivity index (χ0) is 12.7. The number of nitrogens with one attached hydrogen (secondary N) is 1. The lowest BCUT2D eigenvalue weighted by molar-refractivity contribution is 0.405. The van der Waals surface area contributed by atoms with E-state index in [9.17, 15) is 0 Å². The van der Waals surface area contributed by atoms with Crippen LogP contribution in [-0.2, 0) is 6.42 Å². The third-order valence-corrected chi connectivity index (χ3v) is 3.41. The quantitative estimate of drug-likeness (QED) is 0.786. The number of aryl methyl sites for hydroxylation is 1. The molecule has 1 aromatic carbocycles. The van der Waals surface area contributed by atoms with Crippen molar-refractivity contribution in [1.29, 1.82) is 0 Å². The van der Waals surface area contributed by atoms with Crippen molar-refractivity contribution < 1.29 is 0 Å². The number of rotatable bonds is 7. The molecule has 1 aromatic rings. The van der Waals surface area contributed by atoms with Crippen LogP contribution >= 0.6 is 15.9 Å². The fourth-order valence-electron chi connectivity index (χ4n) is 2.19. The van der Waals surface area contributed by atoms with Gasteiger partial charge in [-0.2, -0.15) is 0 Å². The number of hydrogen-bond donors (Lipinski definition) is 1. The van der Waals surface area contributed by atoms with Gasteiger partial charge >= 0.3 is 0 Å². The molecule has 1 atom stereocenters. The molecule has 17 heavy (non-hydrogen) atoms. The second-order valence-electron chi connectivity index (χ2n) is 5.05. The molecule has 96 valence electrons. The Hall–Kier alpha value is -0.340. The van der Waals surface area contributed by atoms with Crippen molar-refractivity contribution in [3.8, 4) is 0 Å². The minimum atomic E-state index is 0.652. The van der Waals surface area contributed by atoms with E-state index in [1.807, 2.05) is 0 Å². The molecule has 0 spiro atoms. The Balaban J connectivity index is 2.45. The Morgan fingerprint density at radius 3 is 2.65 bits per heavy atom. The van der Waals surface area contributed by atoms with Gasteiger partial charge in [0.15, 0.2) is 0 Å². The van der Waals surface area contributed by atoms with Gasteiger partial charge in [-0.05, 0) is 49.4 Å². The number of halogens is 1. The highest BCUT2D eigenvalue weighted by Crippen LogP contribution is 2.15. The van der Waals surface area contributed by atoms with Gasteiger partial charge < -0.3 is 5.32 Å². The van der Waals surface area contributed by atoms with Gasteiger partial charge in [-0.15, -0.1) is 0 Å². The van der Waals surface area contributed by atoms with Crippen molar-refractivity contribution in [2.24, 2.45) is 5.92 Å². The molecule has 0 heterocycles. The first kappa shape index (κ1) is 14.7. The molecule has 0 aliphatic rings. The van der Waals surface area contributed by atoms with Gasteiger partial charge in [0.25, 0.3) is 0 Å². The third-order valence-electron chi connectivity index (χ3n) is 2.92. The van der Waals surface area contributed by atoms with Crippen molar-refractivity contribution in [3.63, 3.8) is 0 Å². The largest absolute Gasteiger partial charge is 0.314 e. The van der Waals surface area contributed by atoms with Gasteiger partial charge in [-0.25, -0.2) is 0 Å². The molecule has 1 rings (SSSR count). The number of benzene rings is 1. The summed E-state index contributed by atoms with van der Waals surface area (Å²) in [5, 5.41) is 3.59. The topological polar surface area (TPSA) is 12.0 Å². The van der Waals surface area contributed by atoms with E-state index in [0.29, 0.717) is 6.04 Å². The summed E-state index contributed by atoms with van der Waals surface area (Å²) in [6.07, 6.45) is 3.65. The fraction of sp³-hybridized carbons (Fsp3) is 0.600. The van der Waals surface area contributed by atoms with E-state index < -0.39 is 0 Å². The lowest BCUT2D eigenvalue weighted by Gasteiger charge is -2.19. The maximum atomic E-state index is 3.59. The molecule has 0 aliphatic carbocycles. The first-order chi connectivity index (χ1) is 8.11. The second kappa shape index (κ2) is 7.88. The lowest BCUT2D eigenvalue weighted by Crippen LogP contribution is -2.30. The van der Waals surface area contributed by atoms with Crippen LogP contribution in [0.25, 0.3) is 0 Å². The van der Waals surface area contributed by atoms with E-state index >= 15 is 0 Å². The van der Waals surface area contributed by atoms with Crippen molar-refractivity contribution >= 4 is 15.9 Å². The monoisotopic (exact) mass is 297 g/mol. The summed E-state index contributed by atoms with van der Waals surface area (Å²) in [7, 11) is 0. The molecule has 0 saturated heterocycles. The predicted octanol–water partition coefficient (Wildman–Crippen LogP) is 4.41. The molecule has 1 unspecified atom stereocenters. The minimum Gasteiger partial charge on any atom is -0.314 e. The van der Waals surface area contributed by atoms with E-state index in [4.69, 9.17) is 0 Å². The van der Waals surface area contributed by atoms with Crippen LogP contribution in [-0.4, -0.2) is 12.6 Å². The van der Waals surface area contributed by atoms with Gasteiger partial charge in [0.05, 0.1) is 0 Å². The van der Waals surface area contributed by atoms with Crippen LogP contribution in [0.1, 0.15) is 39.2 Å². The standard InChI is InChI=1S/C15H24BrN/c1-4-17-15(10-12(2)3)9-8-13-6-5-7-14(16)11-13/h5-7,11-12,15,17H,4,8-10H2,1-3H3. The molecule has 1 nitrogen and oxygen atoms in total.